The first-order chi connectivity index (χ1) is 14.3. The van der Waals surface area contributed by atoms with E-state index in [0.29, 0.717) is 35.2 Å². The van der Waals surface area contributed by atoms with Crippen LogP contribution in [0.15, 0.2) is 36.4 Å². The van der Waals surface area contributed by atoms with Crippen LogP contribution in [0, 0.1) is 23.7 Å². The van der Waals surface area contributed by atoms with Gasteiger partial charge in [0.25, 0.3) is 0 Å². The third kappa shape index (κ3) is 2.82. The summed E-state index contributed by atoms with van der Waals surface area (Å²) < 4.78 is 0. The van der Waals surface area contributed by atoms with Crippen LogP contribution in [0.2, 0.25) is 0 Å². The van der Waals surface area contributed by atoms with E-state index in [0.717, 1.165) is 23.0 Å². The minimum Gasteiger partial charge on any atom is -0.508 e. The highest BCUT2D eigenvalue weighted by Crippen LogP contribution is 2.65. The van der Waals surface area contributed by atoms with Crippen LogP contribution >= 0.6 is 0 Å². The minimum absolute atomic E-state index is 0.00208. The second kappa shape index (κ2) is 7.04. The first kappa shape index (κ1) is 20.0. The lowest BCUT2D eigenvalue weighted by molar-refractivity contribution is -0.0419. The summed E-state index contributed by atoms with van der Waals surface area (Å²) in [5, 5.41) is 21.1. The van der Waals surface area contributed by atoms with Crippen molar-refractivity contribution in [2.75, 3.05) is 0 Å². The van der Waals surface area contributed by atoms with E-state index in [1.807, 2.05) is 12.1 Å². The van der Waals surface area contributed by atoms with Crippen LogP contribution in [-0.2, 0) is 5.41 Å². The molecule has 2 N–H and O–H groups in total. The molecule has 4 saturated carbocycles. The lowest BCUT2D eigenvalue weighted by Crippen LogP contribution is -2.56. The summed E-state index contributed by atoms with van der Waals surface area (Å²) >= 11 is 0. The van der Waals surface area contributed by atoms with Crippen molar-refractivity contribution in [2.24, 2.45) is 23.7 Å². The van der Waals surface area contributed by atoms with Gasteiger partial charge in [0, 0.05) is 5.41 Å². The Labute approximate surface area is 181 Å². The molecule has 0 saturated heterocycles. The summed E-state index contributed by atoms with van der Waals surface area (Å²) in [4.78, 5) is 0. The van der Waals surface area contributed by atoms with Crippen molar-refractivity contribution in [1.29, 1.82) is 0 Å². The molecule has 0 spiro atoms. The van der Waals surface area contributed by atoms with Gasteiger partial charge in [-0.2, -0.15) is 0 Å². The molecule has 2 nitrogen and oxygen atoms in total. The number of phenolic OH excluding ortho intramolecular Hbond substituents is 2. The topological polar surface area (TPSA) is 40.5 Å². The fourth-order valence-corrected chi connectivity index (χ4v) is 7.59. The molecule has 2 aromatic carbocycles. The van der Waals surface area contributed by atoms with Crippen LogP contribution < -0.4 is 0 Å². The Hall–Kier alpha value is -1.96. The van der Waals surface area contributed by atoms with Crippen molar-refractivity contribution in [2.45, 2.75) is 77.0 Å². The largest absolute Gasteiger partial charge is 0.508 e. The molecule has 2 heteroatoms. The summed E-state index contributed by atoms with van der Waals surface area (Å²) in [5.41, 5.74) is 4.89. The molecular formula is C28H36O2. The quantitative estimate of drug-likeness (QED) is 0.571. The van der Waals surface area contributed by atoms with Gasteiger partial charge in [-0.3, -0.25) is 0 Å². The summed E-state index contributed by atoms with van der Waals surface area (Å²) in [5.74, 6) is 4.52. The molecule has 6 rings (SSSR count). The Bertz CT molecular complexity index is 868. The number of rotatable bonds is 4. The fourth-order valence-electron chi connectivity index (χ4n) is 7.59. The minimum atomic E-state index is 0.00208. The SMILES string of the molecule is CC(C)c1cc(C2(c3ccc(O)c(C(C)C)c3)C3CC4CC(C3)CC2C4)ccc1O. The molecular weight excluding hydrogens is 368 g/mol. The molecule has 0 amide bonds. The zero-order chi connectivity index (χ0) is 21.2. The van der Waals surface area contributed by atoms with Gasteiger partial charge in [-0.15, -0.1) is 0 Å². The second-order valence-electron chi connectivity index (χ2n) is 11.0. The molecule has 0 aromatic heterocycles. The lowest BCUT2D eigenvalue weighted by Gasteiger charge is -2.62. The maximum absolute atomic E-state index is 10.5. The standard InChI is InChI=1S/C28H36O2/c1-16(2)24-14-20(5-7-26(24)29)28(21-6-8-27(30)25(15-21)17(3)4)22-10-18-9-19(12-22)13-23(28)11-18/h5-8,14-19,22-23,29-30H,9-13H2,1-4H3. The Morgan fingerprint density at radius 1 is 0.667 bits per heavy atom. The van der Waals surface area contributed by atoms with Crippen molar-refractivity contribution in [3.8, 4) is 11.5 Å². The van der Waals surface area contributed by atoms with Crippen molar-refractivity contribution in [3.05, 3.63) is 58.7 Å². The average molecular weight is 405 g/mol. The van der Waals surface area contributed by atoms with Gasteiger partial charge < -0.3 is 10.2 Å². The fraction of sp³-hybridized carbons (Fsp3) is 0.571. The molecule has 0 unspecified atom stereocenters. The highest BCUT2D eigenvalue weighted by Gasteiger charge is 2.58. The Balaban J connectivity index is 1.75. The predicted molar refractivity (Wildman–Crippen MR) is 122 cm³/mol. The molecule has 0 heterocycles. The molecule has 0 radical (unpaired) electrons. The van der Waals surface area contributed by atoms with Gasteiger partial charge in [0.2, 0.25) is 0 Å². The second-order valence-corrected chi connectivity index (χ2v) is 11.0. The van der Waals surface area contributed by atoms with E-state index in [9.17, 15) is 10.2 Å². The predicted octanol–water partition coefficient (Wildman–Crippen LogP) is 7.09. The molecule has 0 atom stereocenters. The normalized spacial score (nSPS) is 29.1. The monoisotopic (exact) mass is 404 g/mol. The van der Waals surface area contributed by atoms with E-state index < -0.39 is 0 Å². The number of aromatic hydroxyl groups is 2. The van der Waals surface area contributed by atoms with Gasteiger partial charge in [0.1, 0.15) is 11.5 Å². The van der Waals surface area contributed by atoms with Crippen molar-refractivity contribution in [3.63, 3.8) is 0 Å². The van der Waals surface area contributed by atoms with Gasteiger partial charge in [-0.05, 0) is 102 Å². The molecule has 30 heavy (non-hydrogen) atoms. The number of benzene rings is 2. The molecule has 0 aliphatic heterocycles. The zero-order valence-corrected chi connectivity index (χ0v) is 18.9. The highest BCUT2D eigenvalue weighted by molar-refractivity contribution is 5.51. The van der Waals surface area contributed by atoms with Crippen LogP contribution in [0.3, 0.4) is 0 Å². The van der Waals surface area contributed by atoms with E-state index in [2.05, 4.69) is 52.0 Å². The molecule has 4 aliphatic rings. The molecule has 4 fully saturated rings. The van der Waals surface area contributed by atoms with E-state index in [1.54, 1.807) is 0 Å². The third-order valence-electron chi connectivity index (χ3n) is 8.68. The Morgan fingerprint density at radius 3 is 1.43 bits per heavy atom. The Kier molecular flexibility index (Phi) is 4.69. The van der Waals surface area contributed by atoms with Crippen molar-refractivity contribution >= 4 is 0 Å². The summed E-state index contributed by atoms with van der Waals surface area (Å²) in [6, 6.07) is 12.9. The smallest absolute Gasteiger partial charge is 0.119 e. The number of hydrogen-bond acceptors (Lipinski definition) is 2. The van der Waals surface area contributed by atoms with Crippen LogP contribution in [0.25, 0.3) is 0 Å². The van der Waals surface area contributed by atoms with E-state index in [-0.39, 0.29) is 5.41 Å². The van der Waals surface area contributed by atoms with E-state index in [1.165, 1.54) is 43.2 Å². The summed E-state index contributed by atoms with van der Waals surface area (Å²) in [6.07, 6.45) is 6.72. The van der Waals surface area contributed by atoms with Crippen LogP contribution in [0.4, 0.5) is 0 Å². The average Bonchev–Trinajstić information content (AvgIpc) is 2.69. The van der Waals surface area contributed by atoms with E-state index in [4.69, 9.17) is 0 Å². The van der Waals surface area contributed by atoms with Gasteiger partial charge >= 0.3 is 0 Å². The maximum Gasteiger partial charge on any atom is 0.119 e. The lowest BCUT2D eigenvalue weighted by atomic mass is 9.42. The van der Waals surface area contributed by atoms with Crippen LogP contribution in [0.1, 0.15) is 93.9 Å². The summed E-state index contributed by atoms with van der Waals surface area (Å²) in [6.45, 7) is 8.67. The van der Waals surface area contributed by atoms with Gasteiger partial charge in [0.15, 0.2) is 0 Å². The van der Waals surface area contributed by atoms with Gasteiger partial charge in [0.05, 0.1) is 0 Å². The maximum atomic E-state index is 10.5. The molecule has 160 valence electrons. The van der Waals surface area contributed by atoms with Crippen molar-refractivity contribution < 1.29 is 10.2 Å². The van der Waals surface area contributed by atoms with Gasteiger partial charge in [-0.1, -0.05) is 52.0 Å². The van der Waals surface area contributed by atoms with E-state index >= 15 is 0 Å². The van der Waals surface area contributed by atoms with Gasteiger partial charge in [-0.25, -0.2) is 0 Å². The van der Waals surface area contributed by atoms with Crippen LogP contribution in [-0.4, -0.2) is 10.2 Å². The Morgan fingerprint density at radius 2 is 1.07 bits per heavy atom. The molecule has 4 aliphatic carbocycles. The van der Waals surface area contributed by atoms with Crippen LogP contribution in [0.5, 0.6) is 11.5 Å². The first-order valence-electron chi connectivity index (χ1n) is 12.0. The zero-order valence-electron chi connectivity index (χ0n) is 18.9. The summed E-state index contributed by atoms with van der Waals surface area (Å²) in [7, 11) is 0. The molecule has 4 bridgehead atoms. The number of phenols is 2. The first-order valence-corrected chi connectivity index (χ1v) is 12.0. The molecule has 2 aromatic rings. The third-order valence-corrected chi connectivity index (χ3v) is 8.68. The van der Waals surface area contributed by atoms with Crippen molar-refractivity contribution in [1.82, 2.24) is 0 Å². The highest BCUT2D eigenvalue weighted by atomic mass is 16.3. The number of hydrogen-bond donors (Lipinski definition) is 2.